The number of rotatable bonds is 3. The summed E-state index contributed by atoms with van der Waals surface area (Å²) in [4.78, 5) is 14.4. The van der Waals surface area contributed by atoms with Gasteiger partial charge in [-0.2, -0.15) is 0 Å². The van der Waals surface area contributed by atoms with Crippen LogP contribution in [0.3, 0.4) is 0 Å². The molecule has 6 heteroatoms. The average molecular weight is 232 g/mol. The standard InChI is InChI=1S/C11H12N4O2/c1-14(2)13-10-3-4-11(15(16)17)9-7-12-6-5-8(9)10/h3-7,13H,1-2H3. The van der Waals surface area contributed by atoms with Gasteiger partial charge < -0.3 is 5.43 Å². The largest absolute Gasteiger partial charge is 0.319 e. The Morgan fingerprint density at radius 1 is 1.29 bits per heavy atom. The monoisotopic (exact) mass is 232 g/mol. The minimum absolute atomic E-state index is 0.0670. The van der Waals surface area contributed by atoms with Crippen LogP contribution in [-0.4, -0.2) is 29.0 Å². The Labute approximate surface area is 98.0 Å². The van der Waals surface area contributed by atoms with Crippen LogP contribution in [0.25, 0.3) is 10.8 Å². The molecule has 0 bridgehead atoms. The van der Waals surface area contributed by atoms with Gasteiger partial charge in [-0.05, 0) is 12.1 Å². The van der Waals surface area contributed by atoms with Crippen molar-refractivity contribution in [2.24, 2.45) is 0 Å². The zero-order valence-electron chi connectivity index (χ0n) is 9.54. The normalized spacial score (nSPS) is 10.8. The molecule has 2 aromatic rings. The molecule has 0 aliphatic carbocycles. The third-order valence-electron chi connectivity index (χ3n) is 2.34. The van der Waals surface area contributed by atoms with Crippen LogP contribution in [0.1, 0.15) is 0 Å². The predicted octanol–water partition coefficient (Wildman–Crippen LogP) is 2.03. The lowest BCUT2D eigenvalue weighted by Crippen LogP contribution is -2.19. The first-order valence-electron chi connectivity index (χ1n) is 5.04. The number of fused-ring (bicyclic) bond motifs is 1. The summed E-state index contributed by atoms with van der Waals surface area (Å²) in [6.45, 7) is 0. The summed E-state index contributed by atoms with van der Waals surface area (Å²) in [6.07, 6.45) is 3.13. The highest BCUT2D eigenvalue weighted by molar-refractivity contribution is 5.98. The molecule has 17 heavy (non-hydrogen) atoms. The lowest BCUT2D eigenvalue weighted by Gasteiger charge is -2.15. The highest BCUT2D eigenvalue weighted by Crippen LogP contribution is 2.30. The Morgan fingerprint density at radius 2 is 2.06 bits per heavy atom. The van der Waals surface area contributed by atoms with Crippen molar-refractivity contribution in [3.05, 3.63) is 40.7 Å². The first-order valence-corrected chi connectivity index (χ1v) is 5.04. The summed E-state index contributed by atoms with van der Waals surface area (Å²) >= 11 is 0. The molecular weight excluding hydrogens is 220 g/mol. The highest BCUT2D eigenvalue weighted by Gasteiger charge is 2.14. The number of nitrogens with zero attached hydrogens (tertiary/aromatic N) is 3. The number of hydrazine groups is 1. The van der Waals surface area contributed by atoms with Gasteiger partial charge in [-0.25, -0.2) is 5.01 Å². The Balaban J connectivity index is 2.66. The number of aromatic nitrogens is 1. The van der Waals surface area contributed by atoms with Crippen LogP contribution in [0.4, 0.5) is 11.4 Å². The van der Waals surface area contributed by atoms with Gasteiger partial charge in [0.15, 0.2) is 0 Å². The number of nitrogens with one attached hydrogen (secondary N) is 1. The van der Waals surface area contributed by atoms with Crippen molar-refractivity contribution >= 4 is 22.1 Å². The fourth-order valence-electron chi connectivity index (χ4n) is 1.67. The number of hydrogen-bond acceptors (Lipinski definition) is 5. The van der Waals surface area contributed by atoms with Gasteiger partial charge in [0.2, 0.25) is 0 Å². The molecular formula is C11H12N4O2. The fraction of sp³-hybridized carbons (Fsp3) is 0.182. The molecule has 0 saturated heterocycles. The molecule has 1 aromatic heterocycles. The Morgan fingerprint density at radius 3 is 2.71 bits per heavy atom. The predicted molar refractivity (Wildman–Crippen MR) is 65.7 cm³/mol. The number of anilines is 1. The molecule has 0 atom stereocenters. The lowest BCUT2D eigenvalue weighted by molar-refractivity contribution is -0.383. The van der Waals surface area contributed by atoms with Gasteiger partial charge in [0.05, 0.1) is 16.0 Å². The van der Waals surface area contributed by atoms with Crippen molar-refractivity contribution in [1.82, 2.24) is 9.99 Å². The molecule has 2 rings (SSSR count). The highest BCUT2D eigenvalue weighted by atomic mass is 16.6. The maximum Gasteiger partial charge on any atom is 0.278 e. The Bertz CT molecular complexity index is 568. The van der Waals surface area contributed by atoms with Crippen molar-refractivity contribution in [3.63, 3.8) is 0 Å². The van der Waals surface area contributed by atoms with E-state index in [1.807, 2.05) is 14.1 Å². The smallest absolute Gasteiger partial charge is 0.278 e. The van der Waals surface area contributed by atoms with Crippen molar-refractivity contribution in [2.45, 2.75) is 0 Å². The van der Waals surface area contributed by atoms with E-state index in [0.717, 1.165) is 11.1 Å². The minimum Gasteiger partial charge on any atom is -0.319 e. The average Bonchev–Trinajstić information content (AvgIpc) is 2.28. The van der Waals surface area contributed by atoms with E-state index in [2.05, 4.69) is 10.4 Å². The van der Waals surface area contributed by atoms with E-state index < -0.39 is 4.92 Å². The van der Waals surface area contributed by atoms with Crippen LogP contribution >= 0.6 is 0 Å². The molecule has 0 radical (unpaired) electrons. The molecule has 1 aromatic carbocycles. The van der Waals surface area contributed by atoms with Crippen molar-refractivity contribution in [2.75, 3.05) is 19.5 Å². The molecule has 0 amide bonds. The van der Waals surface area contributed by atoms with Crippen LogP contribution in [-0.2, 0) is 0 Å². The number of hydrogen-bond donors (Lipinski definition) is 1. The summed E-state index contributed by atoms with van der Waals surface area (Å²) in [5, 5.41) is 14.0. The second-order valence-electron chi connectivity index (χ2n) is 3.82. The van der Waals surface area contributed by atoms with E-state index in [1.165, 1.54) is 12.3 Å². The van der Waals surface area contributed by atoms with Crippen LogP contribution < -0.4 is 5.43 Å². The van der Waals surface area contributed by atoms with E-state index in [0.29, 0.717) is 5.39 Å². The van der Waals surface area contributed by atoms with Crippen LogP contribution in [0, 0.1) is 10.1 Å². The molecule has 1 heterocycles. The van der Waals surface area contributed by atoms with E-state index in [9.17, 15) is 10.1 Å². The van der Waals surface area contributed by atoms with Gasteiger partial charge in [0, 0.05) is 37.9 Å². The molecule has 0 aliphatic rings. The van der Waals surface area contributed by atoms with E-state index in [1.54, 1.807) is 23.3 Å². The molecule has 0 saturated carbocycles. The third kappa shape index (κ3) is 2.16. The molecule has 0 fully saturated rings. The second kappa shape index (κ2) is 4.34. The van der Waals surface area contributed by atoms with E-state index in [4.69, 9.17) is 0 Å². The van der Waals surface area contributed by atoms with Crippen molar-refractivity contribution < 1.29 is 4.92 Å². The number of nitro benzene ring substituents is 1. The summed E-state index contributed by atoms with van der Waals surface area (Å²) in [5.41, 5.74) is 3.98. The maximum absolute atomic E-state index is 10.9. The number of pyridine rings is 1. The second-order valence-corrected chi connectivity index (χ2v) is 3.82. The number of non-ortho nitro benzene ring substituents is 1. The lowest BCUT2D eigenvalue weighted by atomic mass is 10.1. The van der Waals surface area contributed by atoms with Gasteiger partial charge in [-0.1, -0.05) is 0 Å². The Kier molecular flexibility index (Phi) is 2.88. The van der Waals surface area contributed by atoms with Crippen LogP contribution in [0.15, 0.2) is 30.6 Å². The maximum atomic E-state index is 10.9. The molecule has 0 spiro atoms. The molecule has 6 nitrogen and oxygen atoms in total. The van der Waals surface area contributed by atoms with Gasteiger partial charge in [-0.3, -0.25) is 15.1 Å². The van der Waals surface area contributed by atoms with Crippen LogP contribution in [0.5, 0.6) is 0 Å². The fourth-order valence-corrected chi connectivity index (χ4v) is 1.67. The van der Waals surface area contributed by atoms with Gasteiger partial charge in [0.1, 0.15) is 0 Å². The van der Waals surface area contributed by atoms with E-state index >= 15 is 0 Å². The quantitative estimate of drug-likeness (QED) is 0.647. The zero-order valence-corrected chi connectivity index (χ0v) is 9.54. The topological polar surface area (TPSA) is 71.3 Å². The first kappa shape index (κ1) is 11.3. The number of benzene rings is 1. The minimum atomic E-state index is -0.399. The summed E-state index contributed by atoms with van der Waals surface area (Å²) in [7, 11) is 3.71. The SMILES string of the molecule is CN(C)Nc1ccc([N+](=O)[O-])c2cnccc12. The van der Waals surface area contributed by atoms with Crippen LogP contribution in [0.2, 0.25) is 0 Å². The zero-order chi connectivity index (χ0) is 12.4. The van der Waals surface area contributed by atoms with Crippen molar-refractivity contribution in [1.29, 1.82) is 0 Å². The summed E-state index contributed by atoms with van der Waals surface area (Å²) in [5.74, 6) is 0. The molecule has 0 unspecified atom stereocenters. The van der Waals surface area contributed by atoms with Gasteiger partial charge in [0.25, 0.3) is 5.69 Å². The van der Waals surface area contributed by atoms with Crippen molar-refractivity contribution in [3.8, 4) is 0 Å². The third-order valence-corrected chi connectivity index (χ3v) is 2.34. The molecule has 88 valence electrons. The first-order chi connectivity index (χ1) is 8.09. The molecule has 0 aliphatic heterocycles. The van der Waals surface area contributed by atoms with Gasteiger partial charge in [-0.15, -0.1) is 0 Å². The summed E-state index contributed by atoms with van der Waals surface area (Å²) < 4.78 is 0. The number of nitro groups is 1. The van der Waals surface area contributed by atoms with Gasteiger partial charge >= 0.3 is 0 Å². The Hall–Kier alpha value is -2.21. The van der Waals surface area contributed by atoms with E-state index in [-0.39, 0.29) is 5.69 Å². The molecule has 1 N–H and O–H groups in total. The summed E-state index contributed by atoms with van der Waals surface area (Å²) in [6, 6.07) is 4.94.